The maximum absolute atomic E-state index is 8.66. The first-order chi connectivity index (χ1) is 7.16. The summed E-state index contributed by atoms with van der Waals surface area (Å²) in [7, 11) is 0. The number of aliphatic hydroxyl groups excluding tert-OH is 1. The van der Waals surface area contributed by atoms with Gasteiger partial charge in [0.1, 0.15) is 0 Å². The van der Waals surface area contributed by atoms with Gasteiger partial charge < -0.3 is 10.4 Å². The van der Waals surface area contributed by atoms with Gasteiger partial charge in [0, 0.05) is 12.6 Å². The summed E-state index contributed by atoms with van der Waals surface area (Å²) >= 11 is 12.0. The highest BCUT2D eigenvalue weighted by Crippen LogP contribution is 2.29. The number of nitrogens with one attached hydrogen (secondary N) is 1. The molecule has 15 heavy (non-hydrogen) atoms. The molecule has 1 unspecified atom stereocenters. The summed E-state index contributed by atoms with van der Waals surface area (Å²) in [6.07, 6.45) is 0.739. The van der Waals surface area contributed by atoms with Crippen molar-refractivity contribution in [3.63, 3.8) is 0 Å². The highest BCUT2D eigenvalue weighted by atomic mass is 35.5. The van der Waals surface area contributed by atoms with E-state index in [9.17, 15) is 0 Å². The molecule has 1 rings (SSSR count). The van der Waals surface area contributed by atoms with E-state index in [2.05, 4.69) is 5.32 Å². The quantitative estimate of drug-likeness (QED) is 0.785. The maximum atomic E-state index is 8.66. The van der Waals surface area contributed by atoms with Crippen molar-refractivity contribution < 1.29 is 5.11 Å². The normalized spacial score (nSPS) is 12.8. The Labute approximate surface area is 100 Å². The zero-order valence-corrected chi connectivity index (χ0v) is 10.1. The van der Waals surface area contributed by atoms with Gasteiger partial charge >= 0.3 is 0 Å². The summed E-state index contributed by atoms with van der Waals surface area (Å²) in [6, 6.07) is 5.75. The Bertz CT molecular complexity index is 317. The first-order valence-corrected chi connectivity index (χ1v) is 5.70. The molecule has 84 valence electrons. The summed E-state index contributed by atoms with van der Waals surface area (Å²) in [6.45, 7) is 2.98. The molecule has 0 aromatic heterocycles. The van der Waals surface area contributed by atoms with Gasteiger partial charge in [-0.05, 0) is 31.5 Å². The van der Waals surface area contributed by atoms with E-state index in [1.807, 2.05) is 19.1 Å². The molecule has 1 aromatic carbocycles. The van der Waals surface area contributed by atoms with E-state index in [0.29, 0.717) is 10.0 Å². The maximum Gasteiger partial charge on any atom is 0.0639 e. The Kier molecular flexibility index (Phi) is 5.40. The van der Waals surface area contributed by atoms with Gasteiger partial charge in [-0.2, -0.15) is 0 Å². The predicted molar refractivity (Wildman–Crippen MR) is 64.6 cm³/mol. The Morgan fingerprint density at radius 2 is 2.13 bits per heavy atom. The number of hydrogen-bond acceptors (Lipinski definition) is 2. The number of halogens is 2. The van der Waals surface area contributed by atoms with Crippen LogP contribution in [0, 0.1) is 0 Å². The van der Waals surface area contributed by atoms with Crippen molar-refractivity contribution in [2.24, 2.45) is 0 Å². The van der Waals surface area contributed by atoms with Crippen LogP contribution in [0.1, 0.15) is 24.9 Å². The lowest BCUT2D eigenvalue weighted by atomic mass is 10.1. The van der Waals surface area contributed by atoms with Gasteiger partial charge in [-0.15, -0.1) is 0 Å². The first kappa shape index (κ1) is 12.8. The Morgan fingerprint density at radius 1 is 1.40 bits per heavy atom. The van der Waals surface area contributed by atoms with Crippen molar-refractivity contribution >= 4 is 23.2 Å². The topological polar surface area (TPSA) is 32.3 Å². The molecule has 0 spiro atoms. The zero-order valence-electron chi connectivity index (χ0n) is 8.63. The molecule has 0 bridgehead atoms. The third kappa shape index (κ3) is 3.65. The van der Waals surface area contributed by atoms with Gasteiger partial charge in [-0.1, -0.05) is 35.3 Å². The fourth-order valence-corrected chi connectivity index (χ4v) is 1.83. The molecule has 0 radical (unpaired) electrons. The summed E-state index contributed by atoms with van der Waals surface area (Å²) in [4.78, 5) is 0. The standard InChI is InChI=1S/C11H15Cl2NO/c1-8(14-6-3-7-15)9-4-2-5-10(12)11(9)13/h2,4-5,8,14-15H,3,6-7H2,1H3. The van der Waals surface area contributed by atoms with Crippen LogP contribution in [0.25, 0.3) is 0 Å². The molecule has 4 heteroatoms. The lowest BCUT2D eigenvalue weighted by Crippen LogP contribution is -2.20. The van der Waals surface area contributed by atoms with Gasteiger partial charge in [-0.3, -0.25) is 0 Å². The number of rotatable bonds is 5. The van der Waals surface area contributed by atoms with Crippen molar-refractivity contribution in [2.75, 3.05) is 13.2 Å². The molecular formula is C11H15Cl2NO. The van der Waals surface area contributed by atoms with Gasteiger partial charge in [0.2, 0.25) is 0 Å². The van der Waals surface area contributed by atoms with Crippen molar-refractivity contribution in [1.82, 2.24) is 5.32 Å². The van der Waals surface area contributed by atoms with Crippen LogP contribution >= 0.6 is 23.2 Å². The summed E-state index contributed by atoms with van der Waals surface area (Å²) in [5, 5.41) is 13.1. The van der Waals surface area contributed by atoms with Crippen LogP contribution in [0.2, 0.25) is 10.0 Å². The second-order valence-corrected chi connectivity index (χ2v) is 4.18. The number of hydrogen-bond donors (Lipinski definition) is 2. The second kappa shape index (κ2) is 6.33. The molecule has 2 nitrogen and oxygen atoms in total. The van der Waals surface area contributed by atoms with E-state index < -0.39 is 0 Å². The van der Waals surface area contributed by atoms with E-state index in [1.54, 1.807) is 6.07 Å². The monoisotopic (exact) mass is 247 g/mol. The largest absolute Gasteiger partial charge is 0.396 e. The van der Waals surface area contributed by atoms with Crippen LogP contribution in [0.5, 0.6) is 0 Å². The predicted octanol–water partition coefficient (Wildman–Crippen LogP) is 3.03. The summed E-state index contributed by atoms with van der Waals surface area (Å²) in [5.41, 5.74) is 0.988. The molecule has 1 atom stereocenters. The van der Waals surface area contributed by atoms with Gasteiger partial charge in [0.05, 0.1) is 10.0 Å². The number of benzene rings is 1. The minimum Gasteiger partial charge on any atom is -0.396 e. The van der Waals surface area contributed by atoms with Crippen molar-refractivity contribution in [1.29, 1.82) is 0 Å². The van der Waals surface area contributed by atoms with Crippen molar-refractivity contribution in [3.05, 3.63) is 33.8 Å². The lowest BCUT2D eigenvalue weighted by Gasteiger charge is -2.15. The molecular weight excluding hydrogens is 233 g/mol. The molecule has 2 N–H and O–H groups in total. The highest BCUT2D eigenvalue weighted by Gasteiger charge is 2.10. The minimum absolute atomic E-state index is 0.141. The molecule has 0 saturated carbocycles. The Hall–Kier alpha value is -0.280. The second-order valence-electron chi connectivity index (χ2n) is 3.40. The molecule has 0 heterocycles. The molecule has 0 aliphatic rings. The van der Waals surface area contributed by atoms with E-state index in [-0.39, 0.29) is 12.6 Å². The highest BCUT2D eigenvalue weighted by molar-refractivity contribution is 6.42. The molecule has 0 fully saturated rings. The van der Waals surface area contributed by atoms with Gasteiger partial charge in [0.15, 0.2) is 0 Å². The van der Waals surface area contributed by atoms with E-state index in [1.165, 1.54) is 0 Å². The SMILES string of the molecule is CC(NCCCO)c1cccc(Cl)c1Cl. The average molecular weight is 248 g/mol. The molecule has 1 aromatic rings. The van der Waals surface area contributed by atoms with Crippen LogP contribution in [0.4, 0.5) is 0 Å². The summed E-state index contributed by atoms with van der Waals surface area (Å²) in [5.74, 6) is 0. The summed E-state index contributed by atoms with van der Waals surface area (Å²) < 4.78 is 0. The van der Waals surface area contributed by atoms with Gasteiger partial charge in [-0.25, -0.2) is 0 Å². The lowest BCUT2D eigenvalue weighted by molar-refractivity contribution is 0.284. The number of aliphatic hydroxyl groups is 1. The van der Waals surface area contributed by atoms with Crippen molar-refractivity contribution in [2.45, 2.75) is 19.4 Å². The van der Waals surface area contributed by atoms with E-state index >= 15 is 0 Å². The Balaban J connectivity index is 2.65. The van der Waals surface area contributed by atoms with Crippen molar-refractivity contribution in [3.8, 4) is 0 Å². The molecule has 0 aliphatic heterocycles. The molecule has 0 aliphatic carbocycles. The van der Waals surface area contributed by atoms with Crippen LogP contribution < -0.4 is 5.32 Å². The Morgan fingerprint density at radius 3 is 2.80 bits per heavy atom. The third-order valence-corrected chi connectivity index (χ3v) is 3.07. The molecule has 0 saturated heterocycles. The third-order valence-electron chi connectivity index (χ3n) is 2.23. The van der Waals surface area contributed by atoms with Crippen LogP contribution in [-0.4, -0.2) is 18.3 Å². The van der Waals surface area contributed by atoms with Gasteiger partial charge in [0.25, 0.3) is 0 Å². The first-order valence-electron chi connectivity index (χ1n) is 4.95. The minimum atomic E-state index is 0.141. The smallest absolute Gasteiger partial charge is 0.0639 e. The van der Waals surface area contributed by atoms with E-state index in [0.717, 1.165) is 18.5 Å². The van der Waals surface area contributed by atoms with Crippen LogP contribution in [0.15, 0.2) is 18.2 Å². The van der Waals surface area contributed by atoms with Crippen LogP contribution in [0.3, 0.4) is 0 Å². The average Bonchev–Trinajstić information content (AvgIpc) is 2.22. The fourth-order valence-electron chi connectivity index (χ4n) is 1.36. The van der Waals surface area contributed by atoms with E-state index in [4.69, 9.17) is 28.3 Å². The molecule has 0 amide bonds. The zero-order chi connectivity index (χ0) is 11.3. The van der Waals surface area contributed by atoms with Crippen LogP contribution in [-0.2, 0) is 0 Å². The fraction of sp³-hybridized carbons (Fsp3) is 0.455.